The lowest BCUT2D eigenvalue weighted by molar-refractivity contribution is 0.795. The second-order valence-corrected chi connectivity index (χ2v) is 19.6. The SMILES string of the molecule is c1ccc(-c2ccc(-c3ccc4c(c3)C3(c5cc(-c6ccc(-c7ccccc7)cc6)ccc5-4)c4cc(-c5ccc(-c6ccccc6)cc5)ccc4-c4ccc(-c5ccc(-c6ccccc6)cc5)cc43)cc2)cc1. The molecule has 0 fully saturated rings. The summed E-state index contributed by atoms with van der Waals surface area (Å²) in [6.45, 7) is 0. The molecule has 12 aromatic rings. The highest BCUT2D eigenvalue weighted by atomic mass is 14.5. The van der Waals surface area contributed by atoms with E-state index in [2.05, 4.69) is 291 Å². The molecule has 0 bridgehead atoms. The number of rotatable bonds is 8. The van der Waals surface area contributed by atoms with E-state index >= 15 is 0 Å². The lowest BCUT2D eigenvalue weighted by atomic mass is 9.69. The monoisotopic (exact) mass is 924 g/mol. The van der Waals surface area contributed by atoms with Crippen molar-refractivity contribution in [2.45, 2.75) is 5.41 Å². The first-order chi connectivity index (χ1) is 36.2. The van der Waals surface area contributed by atoms with E-state index in [4.69, 9.17) is 0 Å². The third-order valence-electron chi connectivity index (χ3n) is 15.6. The highest BCUT2D eigenvalue weighted by Gasteiger charge is 2.52. The second-order valence-electron chi connectivity index (χ2n) is 19.6. The minimum absolute atomic E-state index is 0.630. The van der Waals surface area contributed by atoms with Crippen LogP contribution in [0.4, 0.5) is 0 Å². The van der Waals surface area contributed by atoms with Crippen molar-refractivity contribution in [2.75, 3.05) is 0 Å². The Morgan fingerprint density at radius 2 is 0.288 bits per heavy atom. The maximum Gasteiger partial charge on any atom is 0.0726 e. The van der Waals surface area contributed by atoms with E-state index in [0.29, 0.717) is 0 Å². The zero-order chi connectivity index (χ0) is 48.3. The fraction of sp³-hybridized carbons (Fsp3) is 0.0137. The van der Waals surface area contributed by atoms with Gasteiger partial charge < -0.3 is 0 Å². The molecule has 0 atom stereocenters. The Balaban J connectivity index is 0.987. The molecular formula is C73H48. The average Bonchev–Trinajstić information content (AvgIpc) is 3.95. The fourth-order valence-electron chi connectivity index (χ4n) is 11.9. The van der Waals surface area contributed by atoms with Crippen molar-refractivity contribution in [3.63, 3.8) is 0 Å². The van der Waals surface area contributed by atoms with Crippen molar-refractivity contribution >= 4 is 0 Å². The molecule has 0 heterocycles. The van der Waals surface area contributed by atoms with Gasteiger partial charge in [-0.2, -0.15) is 0 Å². The highest BCUT2D eigenvalue weighted by molar-refractivity contribution is 5.99. The molecule has 14 rings (SSSR count). The Bertz CT molecular complexity index is 3450. The van der Waals surface area contributed by atoms with Crippen molar-refractivity contribution in [1.29, 1.82) is 0 Å². The first kappa shape index (κ1) is 42.5. The summed E-state index contributed by atoms with van der Waals surface area (Å²) in [5.41, 5.74) is 29.1. The fourth-order valence-corrected chi connectivity index (χ4v) is 11.9. The van der Waals surface area contributed by atoms with Gasteiger partial charge in [-0.1, -0.05) is 267 Å². The van der Waals surface area contributed by atoms with Crippen LogP contribution in [-0.2, 0) is 5.41 Å². The summed E-state index contributed by atoms with van der Waals surface area (Å²) in [6.07, 6.45) is 0. The molecule has 2 aliphatic rings. The molecule has 0 aliphatic heterocycles. The van der Waals surface area contributed by atoms with E-state index in [1.165, 1.54) is 134 Å². The molecule has 0 N–H and O–H groups in total. The van der Waals surface area contributed by atoms with Crippen LogP contribution in [0, 0.1) is 0 Å². The van der Waals surface area contributed by atoms with E-state index in [1.807, 2.05) is 0 Å². The van der Waals surface area contributed by atoms with Gasteiger partial charge in [-0.25, -0.2) is 0 Å². The van der Waals surface area contributed by atoms with Gasteiger partial charge in [-0.05, 0) is 158 Å². The molecule has 0 saturated carbocycles. The zero-order valence-electron chi connectivity index (χ0n) is 40.2. The number of hydrogen-bond donors (Lipinski definition) is 0. The first-order valence-electron chi connectivity index (χ1n) is 25.4. The largest absolute Gasteiger partial charge is 0.0726 e. The topological polar surface area (TPSA) is 0 Å². The molecule has 12 aromatic carbocycles. The zero-order valence-corrected chi connectivity index (χ0v) is 40.2. The summed E-state index contributed by atoms with van der Waals surface area (Å²) in [5, 5.41) is 0. The third-order valence-corrected chi connectivity index (χ3v) is 15.6. The van der Waals surface area contributed by atoms with Crippen molar-refractivity contribution in [2.24, 2.45) is 0 Å². The molecule has 1 spiro atoms. The Labute approximate surface area is 427 Å². The predicted molar refractivity (Wildman–Crippen MR) is 306 cm³/mol. The summed E-state index contributed by atoms with van der Waals surface area (Å²) in [6, 6.07) is 108. The quantitative estimate of drug-likeness (QED) is 0.142. The van der Waals surface area contributed by atoms with Crippen LogP contribution in [0.15, 0.2) is 291 Å². The molecule has 2 aliphatic carbocycles. The molecule has 0 unspecified atom stereocenters. The summed E-state index contributed by atoms with van der Waals surface area (Å²) >= 11 is 0. The predicted octanol–water partition coefficient (Wildman–Crippen LogP) is 19.4. The van der Waals surface area contributed by atoms with E-state index in [1.54, 1.807) is 0 Å². The van der Waals surface area contributed by atoms with Crippen LogP contribution in [0.1, 0.15) is 22.3 Å². The normalized spacial score (nSPS) is 12.5. The van der Waals surface area contributed by atoms with Gasteiger partial charge in [-0.3, -0.25) is 0 Å². The Morgan fingerprint density at radius 1 is 0.137 bits per heavy atom. The van der Waals surface area contributed by atoms with Gasteiger partial charge in [0.2, 0.25) is 0 Å². The van der Waals surface area contributed by atoms with Crippen LogP contribution < -0.4 is 0 Å². The molecular weight excluding hydrogens is 877 g/mol. The molecule has 73 heavy (non-hydrogen) atoms. The van der Waals surface area contributed by atoms with Gasteiger partial charge in [0.25, 0.3) is 0 Å². The molecule has 0 amide bonds. The molecule has 0 nitrogen and oxygen atoms in total. The Hall–Kier alpha value is -9.36. The lowest BCUT2D eigenvalue weighted by Crippen LogP contribution is -2.26. The maximum atomic E-state index is 2.52. The molecule has 340 valence electrons. The minimum atomic E-state index is -0.630. The van der Waals surface area contributed by atoms with Crippen molar-refractivity contribution < 1.29 is 0 Å². The first-order valence-corrected chi connectivity index (χ1v) is 25.4. The number of hydrogen-bond acceptors (Lipinski definition) is 0. The van der Waals surface area contributed by atoms with Gasteiger partial charge in [0.05, 0.1) is 5.41 Å². The van der Waals surface area contributed by atoms with E-state index in [9.17, 15) is 0 Å². The van der Waals surface area contributed by atoms with Crippen LogP contribution in [0.5, 0.6) is 0 Å². The van der Waals surface area contributed by atoms with E-state index < -0.39 is 5.41 Å². The molecule has 0 saturated heterocycles. The van der Waals surface area contributed by atoms with Gasteiger partial charge in [0, 0.05) is 0 Å². The van der Waals surface area contributed by atoms with Crippen LogP contribution in [-0.4, -0.2) is 0 Å². The minimum Gasteiger partial charge on any atom is -0.0622 e. The van der Waals surface area contributed by atoms with Crippen LogP contribution >= 0.6 is 0 Å². The van der Waals surface area contributed by atoms with Gasteiger partial charge in [0.15, 0.2) is 0 Å². The second kappa shape index (κ2) is 17.5. The average molecular weight is 925 g/mol. The molecule has 0 heteroatoms. The lowest BCUT2D eigenvalue weighted by Gasteiger charge is -2.32. The van der Waals surface area contributed by atoms with Crippen LogP contribution in [0.25, 0.3) is 111 Å². The third kappa shape index (κ3) is 7.22. The van der Waals surface area contributed by atoms with Crippen LogP contribution in [0.2, 0.25) is 0 Å². The highest BCUT2D eigenvalue weighted by Crippen LogP contribution is 2.64. The van der Waals surface area contributed by atoms with E-state index in [-0.39, 0.29) is 0 Å². The Morgan fingerprint density at radius 3 is 0.479 bits per heavy atom. The van der Waals surface area contributed by atoms with E-state index in [0.717, 1.165) is 0 Å². The van der Waals surface area contributed by atoms with Gasteiger partial charge >= 0.3 is 0 Å². The summed E-state index contributed by atoms with van der Waals surface area (Å²) in [7, 11) is 0. The summed E-state index contributed by atoms with van der Waals surface area (Å²) in [4.78, 5) is 0. The van der Waals surface area contributed by atoms with Gasteiger partial charge in [-0.15, -0.1) is 0 Å². The van der Waals surface area contributed by atoms with Crippen molar-refractivity contribution in [3.8, 4) is 111 Å². The summed E-state index contributed by atoms with van der Waals surface area (Å²) < 4.78 is 0. The standard InChI is InChI=1S/C73H48/c1-5-13-49(14-6-1)53-21-29-57(30-22-53)61-37-41-65-66-42-38-62(58-31-23-54(24-32-58)50-15-7-2-8-16-50)46-70(66)73(69(65)45-61)71-47-63(59-33-25-55(26-34-59)51-17-9-3-10-18-51)39-43-67(71)68-44-40-64(48-72(68)73)60-35-27-56(28-36-60)52-19-11-4-12-20-52/h1-48H. The molecule has 0 radical (unpaired) electrons. The summed E-state index contributed by atoms with van der Waals surface area (Å²) in [5.74, 6) is 0. The maximum absolute atomic E-state index is 2.52. The van der Waals surface area contributed by atoms with Crippen molar-refractivity contribution in [1.82, 2.24) is 0 Å². The van der Waals surface area contributed by atoms with Crippen LogP contribution in [0.3, 0.4) is 0 Å². The number of benzene rings is 12. The Kier molecular flexibility index (Phi) is 10.2. The van der Waals surface area contributed by atoms with Gasteiger partial charge in [0.1, 0.15) is 0 Å². The smallest absolute Gasteiger partial charge is 0.0622 e. The van der Waals surface area contributed by atoms with Crippen molar-refractivity contribution in [3.05, 3.63) is 313 Å². The number of fused-ring (bicyclic) bond motifs is 10. The molecule has 0 aromatic heterocycles.